The Labute approximate surface area is 85.7 Å². The third-order valence-corrected chi connectivity index (χ3v) is 2.80. The number of alkyl halides is 2. The molecule has 0 saturated carbocycles. The maximum atomic E-state index is 13.2. The average Bonchev–Trinajstić information content (AvgIpc) is 2.03. The number of rotatable bonds is 6. The van der Waals surface area contributed by atoms with Gasteiger partial charge in [0.05, 0.1) is 13.1 Å². The van der Waals surface area contributed by atoms with E-state index in [1.807, 2.05) is 20.8 Å². The van der Waals surface area contributed by atoms with Gasteiger partial charge in [-0.2, -0.15) is 0 Å². The van der Waals surface area contributed by atoms with Gasteiger partial charge in [0.1, 0.15) is 0 Å². The summed E-state index contributed by atoms with van der Waals surface area (Å²) in [5, 5.41) is 2.51. The van der Waals surface area contributed by atoms with E-state index in [1.165, 1.54) is 0 Å². The van der Waals surface area contributed by atoms with Crippen LogP contribution in [0.3, 0.4) is 0 Å². The Hall–Kier alpha value is -0.220. The fourth-order valence-electron chi connectivity index (χ4n) is 1.15. The number of halogens is 2. The summed E-state index contributed by atoms with van der Waals surface area (Å²) in [6.07, 6.45) is 0.860. The van der Waals surface area contributed by atoms with E-state index in [9.17, 15) is 8.78 Å². The Bertz CT molecular complexity index is 170. The van der Waals surface area contributed by atoms with Crippen LogP contribution in [-0.2, 0) is 0 Å². The van der Waals surface area contributed by atoms with Gasteiger partial charge in [-0.05, 0) is 34.4 Å². The SMILES string of the molecule is CCC(C)(C)N(C)CC(F)(F)CNC. The third kappa shape index (κ3) is 4.33. The molecule has 86 valence electrons. The van der Waals surface area contributed by atoms with Gasteiger partial charge >= 0.3 is 0 Å². The van der Waals surface area contributed by atoms with Gasteiger partial charge in [-0.15, -0.1) is 0 Å². The van der Waals surface area contributed by atoms with E-state index in [0.29, 0.717) is 0 Å². The van der Waals surface area contributed by atoms with Crippen molar-refractivity contribution in [2.24, 2.45) is 0 Å². The molecule has 0 aliphatic rings. The molecule has 0 aliphatic heterocycles. The molecule has 0 spiro atoms. The topological polar surface area (TPSA) is 15.3 Å². The molecule has 0 atom stereocenters. The molecule has 4 heteroatoms. The van der Waals surface area contributed by atoms with E-state index in [1.54, 1.807) is 19.0 Å². The summed E-state index contributed by atoms with van der Waals surface area (Å²) >= 11 is 0. The van der Waals surface area contributed by atoms with Crippen LogP contribution in [0.2, 0.25) is 0 Å². The third-order valence-electron chi connectivity index (χ3n) is 2.80. The molecule has 0 aromatic rings. The molecule has 14 heavy (non-hydrogen) atoms. The molecule has 0 rings (SSSR count). The van der Waals surface area contributed by atoms with Crippen LogP contribution in [0.5, 0.6) is 0 Å². The Balaban J connectivity index is 4.23. The average molecular weight is 208 g/mol. The summed E-state index contributed by atoms with van der Waals surface area (Å²) in [5.41, 5.74) is -0.169. The van der Waals surface area contributed by atoms with Crippen LogP contribution in [-0.4, -0.2) is 43.5 Å². The number of hydrogen-bond acceptors (Lipinski definition) is 2. The minimum absolute atomic E-state index is 0.169. The van der Waals surface area contributed by atoms with Gasteiger partial charge in [-0.25, -0.2) is 8.78 Å². The standard InChI is InChI=1S/C10H22F2N2/c1-6-9(2,3)14(5)8-10(11,12)7-13-4/h13H,6-8H2,1-5H3. The van der Waals surface area contributed by atoms with Crippen molar-refractivity contribution in [3.8, 4) is 0 Å². The second-order valence-electron chi connectivity index (χ2n) is 4.41. The fraction of sp³-hybridized carbons (Fsp3) is 1.00. The zero-order valence-electron chi connectivity index (χ0n) is 9.82. The zero-order chi connectivity index (χ0) is 11.4. The van der Waals surface area contributed by atoms with E-state index in [-0.39, 0.29) is 18.6 Å². The van der Waals surface area contributed by atoms with Crippen LogP contribution in [0.25, 0.3) is 0 Å². The number of hydrogen-bond donors (Lipinski definition) is 1. The van der Waals surface area contributed by atoms with Gasteiger partial charge < -0.3 is 5.32 Å². The first-order valence-electron chi connectivity index (χ1n) is 4.99. The van der Waals surface area contributed by atoms with Crippen LogP contribution < -0.4 is 5.32 Å². The van der Waals surface area contributed by atoms with Gasteiger partial charge in [0.25, 0.3) is 5.92 Å². The lowest BCUT2D eigenvalue weighted by molar-refractivity contribution is -0.0453. The van der Waals surface area contributed by atoms with Crippen molar-refractivity contribution in [2.45, 2.75) is 38.7 Å². The first-order chi connectivity index (χ1) is 6.25. The minimum Gasteiger partial charge on any atom is -0.314 e. The van der Waals surface area contributed by atoms with Gasteiger partial charge in [0, 0.05) is 5.54 Å². The van der Waals surface area contributed by atoms with Crippen molar-refractivity contribution in [1.82, 2.24) is 10.2 Å². The Morgan fingerprint density at radius 3 is 2.14 bits per heavy atom. The van der Waals surface area contributed by atoms with Crippen molar-refractivity contribution in [3.63, 3.8) is 0 Å². The first-order valence-corrected chi connectivity index (χ1v) is 4.99. The highest BCUT2D eigenvalue weighted by atomic mass is 19.3. The number of nitrogens with one attached hydrogen (secondary N) is 1. The van der Waals surface area contributed by atoms with Crippen molar-refractivity contribution in [1.29, 1.82) is 0 Å². The molecule has 1 N–H and O–H groups in total. The molecule has 0 aliphatic carbocycles. The quantitative estimate of drug-likeness (QED) is 0.718. The maximum absolute atomic E-state index is 13.2. The largest absolute Gasteiger partial charge is 0.314 e. The van der Waals surface area contributed by atoms with Gasteiger partial charge in [-0.3, -0.25) is 4.90 Å². The molecular formula is C10H22F2N2. The summed E-state index contributed by atoms with van der Waals surface area (Å²) in [5.74, 6) is -2.66. The summed E-state index contributed by atoms with van der Waals surface area (Å²) in [4.78, 5) is 1.71. The molecule has 0 amide bonds. The van der Waals surface area contributed by atoms with E-state index in [2.05, 4.69) is 5.32 Å². The van der Waals surface area contributed by atoms with Crippen LogP contribution in [0.4, 0.5) is 8.78 Å². The van der Waals surface area contributed by atoms with Gasteiger partial charge in [-0.1, -0.05) is 6.92 Å². The zero-order valence-corrected chi connectivity index (χ0v) is 9.82. The maximum Gasteiger partial charge on any atom is 0.272 e. The van der Waals surface area contributed by atoms with Crippen molar-refractivity contribution >= 4 is 0 Å². The lowest BCUT2D eigenvalue weighted by Crippen LogP contribution is -2.49. The number of nitrogens with zero attached hydrogens (tertiary/aromatic N) is 1. The van der Waals surface area contributed by atoms with Crippen LogP contribution >= 0.6 is 0 Å². The summed E-state index contributed by atoms with van der Waals surface area (Å²) in [6.45, 7) is 5.49. The van der Waals surface area contributed by atoms with Crippen LogP contribution in [0.1, 0.15) is 27.2 Å². The summed E-state index contributed by atoms with van der Waals surface area (Å²) < 4.78 is 26.5. The molecule has 0 fully saturated rings. The van der Waals surface area contributed by atoms with Gasteiger partial charge in [0.2, 0.25) is 0 Å². The molecule has 0 aromatic heterocycles. The van der Waals surface area contributed by atoms with Crippen LogP contribution in [0, 0.1) is 0 Å². The second kappa shape index (κ2) is 5.03. The van der Waals surface area contributed by atoms with Crippen molar-refractivity contribution < 1.29 is 8.78 Å². The summed E-state index contributed by atoms with van der Waals surface area (Å²) in [7, 11) is 3.28. The monoisotopic (exact) mass is 208 g/mol. The summed E-state index contributed by atoms with van der Waals surface area (Å²) in [6, 6.07) is 0. The molecule has 0 radical (unpaired) electrons. The van der Waals surface area contributed by atoms with Crippen molar-refractivity contribution in [3.05, 3.63) is 0 Å². The second-order valence-corrected chi connectivity index (χ2v) is 4.41. The van der Waals surface area contributed by atoms with Crippen molar-refractivity contribution in [2.75, 3.05) is 27.2 Å². The highest BCUT2D eigenvalue weighted by Gasteiger charge is 2.34. The normalized spacial score (nSPS) is 13.7. The Kier molecular flexibility index (Phi) is 4.95. The lowest BCUT2D eigenvalue weighted by atomic mass is 9.99. The van der Waals surface area contributed by atoms with Gasteiger partial charge in [0.15, 0.2) is 0 Å². The fourth-order valence-corrected chi connectivity index (χ4v) is 1.15. The first kappa shape index (κ1) is 13.8. The van der Waals surface area contributed by atoms with E-state index < -0.39 is 5.92 Å². The predicted molar refractivity (Wildman–Crippen MR) is 55.9 cm³/mol. The Morgan fingerprint density at radius 2 is 1.79 bits per heavy atom. The van der Waals surface area contributed by atoms with E-state index >= 15 is 0 Å². The predicted octanol–water partition coefficient (Wildman–Crippen LogP) is 1.96. The molecule has 0 unspecified atom stereocenters. The lowest BCUT2D eigenvalue weighted by Gasteiger charge is -2.37. The van der Waals surface area contributed by atoms with E-state index in [4.69, 9.17) is 0 Å². The molecule has 2 nitrogen and oxygen atoms in total. The minimum atomic E-state index is -2.66. The van der Waals surface area contributed by atoms with E-state index in [0.717, 1.165) is 6.42 Å². The smallest absolute Gasteiger partial charge is 0.272 e. The molecule has 0 heterocycles. The Morgan fingerprint density at radius 1 is 1.29 bits per heavy atom. The molecular weight excluding hydrogens is 186 g/mol. The highest BCUT2D eigenvalue weighted by Crippen LogP contribution is 2.21. The molecule has 0 saturated heterocycles. The molecule has 0 aromatic carbocycles. The molecule has 0 bridgehead atoms. The van der Waals surface area contributed by atoms with Crippen LogP contribution in [0.15, 0.2) is 0 Å². The highest BCUT2D eigenvalue weighted by molar-refractivity contribution is 4.82.